The van der Waals surface area contributed by atoms with Crippen LogP contribution in [-0.2, 0) is 38.3 Å². The maximum absolute atomic E-state index is 13.4. The van der Waals surface area contributed by atoms with Crippen LogP contribution in [-0.4, -0.2) is 62.1 Å². The van der Waals surface area contributed by atoms with Crippen LogP contribution < -0.4 is 15.1 Å². The monoisotopic (exact) mass is 604 g/mol. The summed E-state index contributed by atoms with van der Waals surface area (Å²) in [6.07, 6.45) is -2.50. The Balaban J connectivity index is 1.61. The molecule has 2 amide bonds. The van der Waals surface area contributed by atoms with Gasteiger partial charge in [-0.1, -0.05) is 19.9 Å². The molecule has 1 N–H and O–H groups in total. The van der Waals surface area contributed by atoms with Gasteiger partial charge in [0.25, 0.3) is 0 Å². The molecule has 43 heavy (non-hydrogen) atoms. The van der Waals surface area contributed by atoms with Crippen molar-refractivity contribution < 1.29 is 37.0 Å². The third kappa shape index (κ3) is 7.18. The molecule has 3 aromatic rings. The zero-order valence-electron chi connectivity index (χ0n) is 24.3. The van der Waals surface area contributed by atoms with Gasteiger partial charge in [0.15, 0.2) is 5.82 Å². The predicted octanol–water partition coefficient (Wildman–Crippen LogP) is 3.91. The first-order chi connectivity index (χ1) is 20.1. The van der Waals surface area contributed by atoms with Crippen LogP contribution in [0.5, 0.6) is 0 Å². The minimum atomic E-state index is -4.55. The number of fused-ring (bicyclic) bond motifs is 1. The van der Waals surface area contributed by atoms with Gasteiger partial charge < -0.3 is 19.7 Å². The van der Waals surface area contributed by atoms with E-state index in [-0.39, 0.29) is 24.9 Å². The van der Waals surface area contributed by atoms with Gasteiger partial charge in [0, 0.05) is 31.9 Å². The molecule has 4 heterocycles. The molecule has 0 spiro atoms. The van der Waals surface area contributed by atoms with E-state index < -0.39 is 42.2 Å². The number of nitrogens with one attached hydrogen (secondary N) is 1. The highest BCUT2D eigenvalue weighted by molar-refractivity contribution is 6.03. The molecule has 1 aliphatic rings. The highest BCUT2D eigenvalue weighted by Crippen LogP contribution is 2.33. The van der Waals surface area contributed by atoms with Crippen LogP contribution in [0.2, 0.25) is 0 Å². The fourth-order valence-corrected chi connectivity index (χ4v) is 4.03. The Morgan fingerprint density at radius 2 is 1.84 bits per heavy atom. The van der Waals surface area contributed by atoms with Gasteiger partial charge in [0.05, 0.1) is 30.9 Å². The van der Waals surface area contributed by atoms with Gasteiger partial charge >= 0.3 is 18.2 Å². The predicted molar refractivity (Wildman–Crippen MR) is 147 cm³/mol. The van der Waals surface area contributed by atoms with Crippen LogP contribution >= 0.6 is 0 Å². The first-order valence-electron chi connectivity index (χ1n) is 13.3. The molecule has 0 saturated heterocycles. The number of hydrogen-bond acceptors (Lipinski definition) is 10. The topological polar surface area (TPSA) is 145 Å². The smallest absolute Gasteiger partial charge is 0.425 e. The lowest BCUT2D eigenvalue weighted by molar-refractivity contribution is -0.168. The number of carbonyl (C=O) groups is 3. The number of aryl methyl sites for hydroxylation is 1. The number of nitrogens with zero attached hydrogens (tertiary/aromatic N) is 7. The van der Waals surface area contributed by atoms with E-state index in [0.717, 1.165) is 17.2 Å². The molecule has 0 aromatic carbocycles. The SMILES string of the molecule is Cc1nc(N(Cc2cnn(Cc3ccc(C(F)(F)F)nc3)c2)C(=O)OC(C)OC(=O)C(C)C)nc2c1NC(=O)[C@H](C)N2C. The molecule has 230 valence electrons. The molecule has 16 heteroatoms. The standard InChI is InChI=1S/C27H31F3N8O5/c1-14(2)24(40)42-17(5)43-26(41)38(25-33-15(3)21-22(35-25)36(6)16(4)23(39)34-21)13-19-10-32-37(12-19)11-18-7-8-20(31-9-18)27(28,29)30/h7-10,12,14,16-17H,11,13H2,1-6H3,(H,34,39)/t16-,17?/m0/s1. The van der Waals surface area contributed by atoms with E-state index in [2.05, 4.69) is 25.4 Å². The highest BCUT2D eigenvalue weighted by Gasteiger charge is 2.33. The number of alkyl halides is 3. The second kappa shape index (κ2) is 12.2. The van der Waals surface area contributed by atoms with Crippen LogP contribution in [0.4, 0.5) is 35.4 Å². The zero-order chi connectivity index (χ0) is 31.6. The Hall–Kier alpha value is -4.76. The van der Waals surface area contributed by atoms with E-state index in [0.29, 0.717) is 28.3 Å². The molecular formula is C27H31F3N8O5. The van der Waals surface area contributed by atoms with Gasteiger partial charge in [-0.05, 0) is 25.5 Å². The number of likely N-dealkylation sites (N-methyl/N-ethyl adjacent to an activating group) is 1. The average Bonchev–Trinajstić information content (AvgIpc) is 3.37. The fraction of sp³-hybridized carbons (Fsp3) is 0.444. The summed E-state index contributed by atoms with van der Waals surface area (Å²) in [4.78, 5) is 53.0. The number of rotatable bonds is 8. The van der Waals surface area contributed by atoms with Gasteiger partial charge in [-0.25, -0.2) is 14.7 Å². The second-order valence-corrected chi connectivity index (χ2v) is 10.3. The van der Waals surface area contributed by atoms with Crippen molar-refractivity contribution in [2.24, 2.45) is 5.92 Å². The number of amides is 2. The van der Waals surface area contributed by atoms with Gasteiger partial charge in [0.2, 0.25) is 18.1 Å². The largest absolute Gasteiger partial charge is 0.433 e. The number of pyridine rings is 1. The van der Waals surface area contributed by atoms with E-state index in [9.17, 15) is 27.6 Å². The highest BCUT2D eigenvalue weighted by atomic mass is 19.4. The Labute approximate surface area is 245 Å². The second-order valence-electron chi connectivity index (χ2n) is 10.3. The molecule has 3 aromatic heterocycles. The number of hydrogen-bond donors (Lipinski definition) is 1. The minimum Gasteiger partial charge on any atom is -0.425 e. The molecule has 2 atom stereocenters. The molecule has 1 unspecified atom stereocenters. The van der Waals surface area contributed by atoms with Crippen molar-refractivity contribution in [1.82, 2.24) is 24.7 Å². The van der Waals surface area contributed by atoms with Crippen LogP contribution in [0.25, 0.3) is 0 Å². The normalized spacial score (nSPS) is 15.5. The first kappa shape index (κ1) is 31.2. The number of aromatic nitrogens is 5. The number of esters is 1. The number of ether oxygens (including phenoxy) is 2. The van der Waals surface area contributed by atoms with Crippen molar-refractivity contribution in [3.63, 3.8) is 0 Å². The van der Waals surface area contributed by atoms with Crippen molar-refractivity contribution in [2.45, 2.75) is 66.2 Å². The molecule has 13 nitrogen and oxygen atoms in total. The van der Waals surface area contributed by atoms with Gasteiger partial charge in [-0.3, -0.25) is 19.3 Å². The van der Waals surface area contributed by atoms with E-state index in [4.69, 9.17) is 9.47 Å². The number of carbonyl (C=O) groups excluding carboxylic acids is 3. The quantitative estimate of drug-likeness (QED) is 0.297. The molecule has 1 aliphatic heterocycles. The lowest BCUT2D eigenvalue weighted by Crippen LogP contribution is -2.45. The molecular weight excluding hydrogens is 573 g/mol. The molecule has 0 fully saturated rings. The van der Waals surface area contributed by atoms with Crippen molar-refractivity contribution in [1.29, 1.82) is 0 Å². The van der Waals surface area contributed by atoms with Crippen molar-refractivity contribution in [3.05, 3.63) is 53.2 Å². The third-order valence-electron chi connectivity index (χ3n) is 6.57. The zero-order valence-corrected chi connectivity index (χ0v) is 24.3. The van der Waals surface area contributed by atoms with Crippen LogP contribution in [0.3, 0.4) is 0 Å². The van der Waals surface area contributed by atoms with Gasteiger partial charge in [0.1, 0.15) is 17.4 Å². The molecule has 0 aliphatic carbocycles. The summed E-state index contributed by atoms with van der Waals surface area (Å²) in [7, 11) is 1.69. The molecule has 4 rings (SSSR count). The summed E-state index contributed by atoms with van der Waals surface area (Å²) in [5, 5.41) is 7.03. The molecule has 0 bridgehead atoms. The lowest BCUT2D eigenvalue weighted by atomic mass is 10.2. The van der Waals surface area contributed by atoms with Gasteiger partial charge in [-0.15, -0.1) is 0 Å². The lowest BCUT2D eigenvalue weighted by Gasteiger charge is -2.33. The number of anilines is 3. The third-order valence-corrected chi connectivity index (χ3v) is 6.57. The summed E-state index contributed by atoms with van der Waals surface area (Å²) in [6.45, 7) is 8.03. The maximum Gasteiger partial charge on any atom is 0.433 e. The van der Waals surface area contributed by atoms with Crippen LogP contribution in [0, 0.1) is 12.8 Å². The summed E-state index contributed by atoms with van der Waals surface area (Å²) in [6, 6.07) is 1.66. The first-order valence-corrected chi connectivity index (χ1v) is 13.3. The fourth-order valence-electron chi connectivity index (χ4n) is 4.03. The van der Waals surface area contributed by atoms with Crippen molar-refractivity contribution in [3.8, 4) is 0 Å². The molecule has 0 saturated carbocycles. The molecule has 0 radical (unpaired) electrons. The van der Waals surface area contributed by atoms with Crippen molar-refractivity contribution >= 4 is 35.4 Å². The summed E-state index contributed by atoms with van der Waals surface area (Å²) < 4.78 is 50.6. The summed E-state index contributed by atoms with van der Waals surface area (Å²) in [5.74, 6) is -0.890. The maximum atomic E-state index is 13.4. The summed E-state index contributed by atoms with van der Waals surface area (Å²) >= 11 is 0. The summed E-state index contributed by atoms with van der Waals surface area (Å²) in [5.41, 5.74) is 0.791. The van der Waals surface area contributed by atoms with E-state index in [1.54, 1.807) is 45.8 Å². The Kier molecular flexibility index (Phi) is 8.87. The average molecular weight is 605 g/mol. The van der Waals surface area contributed by atoms with Crippen LogP contribution in [0.1, 0.15) is 50.2 Å². The Morgan fingerprint density at radius 1 is 1.12 bits per heavy atom. The Morgan fingerprint density at radius 3 is 2.47 bits per heavy atom. The van der Waals surface area contributed by atoms with E-state index in [1.807, 2.05) is 0 Å². The van der Waals surface area contributed by atoms with Crippen LogP contribution in [0.15, 0.2) is 30.7 Å². The number of halogens is 3. The Bertz CT molecular complexity index is 1510. The minimum absolute atomic E-state index is 0.0430. The van der Waals surface area contributed by atoms with Gasteiger partial charge in [-0.2, -0.15) is 23.3 Å². The van der Waals surface area contributed by atoms with E-state index >= 15 is 0 Å². The van der Waals surface area contributed by atoms with E-state index in [1.165, 1.54) is 23.9 Å². The van der Waals surface area contributed by atoms with Crippen molar-refractivity contribution in [2.75, 3.05) is 22.2 Å².